The number of hydrogen-bond donors (Lipinski definition) is 2. The number of aliphatic imine (C=N–C) groups is 2. The standard InChI is InChI=1S/C45H39N5O/c1-28-26-45(2)36(34-18-10-12-20-42(34)51-45)24-35(28)38-25-37(29-13-5-3-6-14-29)48-44(49-38)50-40-19-11-9-17-32(40)33-22-21-31(23-41(33)50)39-27-46-43(47-39)30-15-7-4-8-16-30/h3-25,28,36,39,44,49H,26-27H2,1-2H3,(H,46,47). The molecule has 250 valence electrons. The van der Waals surface area contributed by atoms with Crippen LogP contribution in [0.4, 0.5) is 0 Å². The first-order chi connectivity index (χ1) is 25.0. The highest BCUT2D eigenvalue weighted by Gasteiger charge is 2.48. The minimum atomic E-state index is -0.362. The quantitative estimate of drug-likeness (QED) is 0.193. The Kier molecular flexibility index (Phi) is 6.82. The number of hydrogen-bond acceptors (Lipinski definition) is 5. The summed E-state index contributed by atoms with van der Waals surface area (Å²) >= 11 is 0. The lowest BCUT2D eigenvalue weighted by molar-refractivity contribution is 0.0728. The second-order valence-corrected chi connectivity index (χ2v) is 14.5. The fourth-order valence-corrected chi connectivity index (χ4v) is 8.80. The van der Waals surface area contributed by atoms with Crippen LogP contribution in [-0.4, -0.2) is 28.3 Å². The fraction of sp³-hybridized carbons (Fsp3) is 0.200. The summed E-state index contributed by atoms with van der Waals surface area (Å²) in [6.45, 7) is 5.30. The van der Waals surface area contributed by atoms with Gasteiger partial charge >= 0.3 is 0 Å². The van der Waals surface area contributed by atoms with Crippen LogP contribution in [0.15, 0.2) is 161 Å². The van der Waals surface area contributed by atoms with Gasteiger partial charge in [-0.25, -0.2) is 4.99 Å². The van der Waals surface area contributed by atoms with E-state index in [4.69, 9.17) is 14.7 Å². The van der Waals surface area contributed by atoms with Crippen LogP contribution in [0, 0.1) is 5.92 Å². The number of amidine groups is 1. The average molecular weight is 666 g/mol. The molecule has 0 saturated carbocycles. The molecule has 5 aromatic carbocycles. The van der Waals surface area contributed by atoms with Gasteiger partial charge in [0.1, 0.15) is 17.2 Å². The van der Waals surface area contributed by atoms with Gasteiger partial charge < -0.3 is 19.9 Å². The van der Waals surface area contributed by atoms with Crippen molar-refractivity contribution in [3.63, 3.8) is 0 Å². The Labute approximate surface area is 297 Å². The van der Waals surface area contributed by atoms with Crippen LogP contribution >= 0.6 is 0 Å². The molecular weight excluding hydrogens is 627 g/mol. The second kappa shape index (κ2) is 11.6. The Balaban J connectivity index is 1.09. The molecule has 3 aliphatic heterocycles. The number of fused-ring (bicyclic) bond motifs is 6. The van der Waals surface area contributed by atoms with Crippen molar-refractivity contribution in [2.75, 3.05) is 6.54 Å². The summed E-state index contributed by atoms with van der Waals surface area (Å²) in [6.07, 6.45) is 5.28. The van der Waals surface area contributed by atoms with E-state index in [9.17, 15) is 0 Å². The van der Waals surface area contributed by atoms with Gasteiger partial charge in [0, 0.05) is 33.5 Å². The number of allylic oxidation sites excluding steroid dienone is 2. The van der Waals surface area contributed by atoms with Crippen molar-refractivity contribution in [1.82, 2.24) is 15.2 Å². The van der Waals surface area contributed by atoms with E-state index >= 15 is 0 Å². The molecule has 10 rings (SSSR count). The lowest BCUT2D eigenvalue weighted by Gasteiger charge is -2.39. The molecule has 6 nitrogen and oxygen atoms in total. The second-order valence-electron chi connectivity index (χ2n) is 14.5. The lowest BCUT2D eigenvalue weighted by Crippen LogP contribution is -2.41. The van der Waals surface area contributed by atoms with E-state index < -0.39 is 0 Å². The number of nitrogens with zero attached hydrogens (tertiary/aromatic N) is 3. The molecule has 51 heavy (non-hydrogen) atoms. The van der Waals surface area contributed by atoms with Gasteiger partial charge in [-0.05, 0) is 60.2 Å². The molecule has 0 radical (unpaired) electrons. The third kappa shape index (κ3) is 4.92. The van der Waals surface area contributed by atoms with Crippen molar-refractivity contribution in [2.45, 2.75) is 44.1 Å². The minimum absolute atomic E-state index is 0.0910. The molecule has 6 aromatic rings. The number of nitrogens with one attached hydrogen (secondary N) is 2. The summed E-state index contributed by atoms with van der Waals surface area (Å²) in [5.74, 6) is 2.41. The first-order valence-electron chi connectivity index (χ1n) is 18.0. The van der Waals surface area contributed by atoms with Crippen molar-refractivity contribution in [3.8, 4) is 5.75 Å². The summed E-state index contributed by atoms with van der Waals surface area (Å²) in [7, 11) is 0. The Hall–Kier alpha value is -5.88. The van der Waals surface area contributed by atoms with Gasteiger partial charge in [-0.15, -0.1) is 0 Å². The molecule has 5 atom stereocenters. The van der Waals surface area contributed by atoms with Crippen LogP contribution in [-0.2, 0) is 0 Å². The zero-order valence-electron chi connectivity index (χ0n) is 28.8. The van der Waals surface area contributed by atoms with E-state index in [-0.39, 0.29) is 29.8 Å². The third-order valence-electron chi connectivity index (χ3n) is 11.2. The first-order valence-corrected chi connectivity index (χ1v) is 18.0. The highest BCUT2D eigenvalue weighted by atomic mass is 16.5. The van der Waals surface area contributed by atoms with Crippen molar-refractivity contribution >= 4 is 33.4 Å². The number of benzene rings is 5. The van der Waals surface area contributed by atoms with Gasteiger partial charge in [-0.1, -0.05) is 122 Å². The molecule has 1 aromatic heterocycles. The van der Waals surface area contributed by atoms with Crippen molar-refractivity contribution in [2.24, 2.45) is 15.9 Å². The number of aromatic nitrogens is 1. The van der Waals surface area contributed by atoms with Crippen LogP contribution in [0.2, 0.25) is 0 Å². The van der Waals surface area contributed by atoms with E-state index in [0.717, 1.165) is 51.6 Å². The smallest absolute Gasteiger partial charge is 0.201 e. The monoisotopic (exact) mass is 665 g/mol. The van der Waals surface area contributed by atoms with Gasteiger partial charge in [-0.2, -0.15) is 0 Å². The number of ether oxygens (including phenoxy) is 1. The molecule has 2 N–H and O–H groups in total. The Morgan fingerprint density at radius 1 is 0.765 bits per heavy atom. The predicted octanol–water partition coefficient (Wildman–Crippen LogP) is 9.22. The molecule has 1 aliphatic carbocycles. The zero-order chi connectivity index (χ0) is 34.1. The number of para-hydroxylation sites is 2. The van der Waals surface area contributed by atoms with E-state index in [1.54, 1.807) is 0 Å². The van der Waals surface area contributed by atoms with Gasteiger partial charge in [0.25, 0.3) is 0 Å². The lowest BCUT2D eigenvalue weighted by atomic mass is 9.71. The third-order valence-corrected chi connectivity index (χ3v) is 11.2. The van der Waals surface area contributed by atoms with E-state index in [1.807, 2.05) is 6.07 Å². The summed E-state index contributed by atoms with van der Waals surface area (Å²) in [4.78, 5) is 10.4. The van der Waals surface area contributed by atoms with Crippen LogP contribution in [0.3, 0.4) is 0 Å². The van der Waals surface area contributed by atoms with E-state index in [0.29, 0.717) is 6.54 Å². The van der Waals surface area contributed by atoms with Crippen molar-refractivity contribution in [1.29, 1.82) is 0 Å². The molecular formula is C45H39N5O. The summed E-state index contributed by atoms with van der Waals surface area (Å²) in [5.41, 5.74) is 10.1. The largest absolute Gasteiger partial charge is 0.486 e. The van der Waals surface area contributed by atoms with E-state index in [2.05, 4.69) is 163 Å². The van der Waals surface area contributed by atoms with Crippen molar-refractivity contribution < 1.29 is 4.74 Å². The Bertz CT molecular complexity index is 2460. The highest BCUT2D eigenvalue weighted by molar-refractivity contribution is 6.11. The maximum atomic E-state index is 6.63. The molecule has 0 bridgehead atoms. The highest BCUT2D eigenvalue weighted by Crippen LogP contribution is 2.53. The molecule has 0 amide bonds. The fourth-order valence-electron chi connectivity index (χ4n) is 8.80. The van der Waals surface area contributed by atoms with Crippen LogP contribution in [0.25, 0.3) is 21.8 Å². The summed E-state index contributed by atoms with van der Waals surface area (Å²) in [6, 6.07) is 45.1. The summed E-state index contributed by atoms with van der Waals surface area (Å²) in [5, 5.41) is 10.1. The van der Waals surface area contributed by atoms with Gasteiger partial charge in [-0.3, -0.25) is 4.99 Å². The van der Waals surface area contributed by atoms with Crippen LogP contribution in [0.1, 0.15) is 60.8 Å². The molecule has 6 heteroatoms. The Morgan fingerprint density at radius 3 is 2.33 bits per heavy atom. The Morgan fingerprint density at radius 2 is 1.49 bits per heavy atom. The van der Waals surface area contributed by atoms with Crippen molar-refractivity contribution in [3.05, 3.63) is 173 Å². The minimum Gasteiger partial charge on any atom is -0.486 e. The summed E-state index contributed by atoms with van der Waals surface area (Å²) < 4.78 is 9.02. The van der Waals surface area contributed by atoms with Crippen LogP contribution in [0.5, 0.6) is 5.75 Å². The maximum Gasteiger partial charge on any atom is 0.201 e. The van der Waals surface area contributed by atoms with E-state index in [1.165, 1.54) is 27.5 Å². The number of rotatable bonds is 5. The van der Waals surface area contributed by atoms with Crippen LogP contribution < -0.4 is 15.4 Å². The molecule has 0 saturated heterocycles. The normalized spacial score (nSPS) is 25.1. The first kappa shape index (κ1) is 30.0. The molecule has 0 fully saturated rings. The van der Waals surface area contributed by atoms with Gasteiger partial charge in [0.05, 0.1) is 29.3 Å². The maximum absolute atomic E-state index is 6.63. The average Bonchev–Trinajstić information content (AvgIpc) is 3.87. The molecule has 4 heterocycles. The predicted molar refractivity (Wildman–Crippen MR) is 206 cm³/mol. The zero-order valence-corrected chi connectivity index (χ0v) is 28.8. The molecule has 5 unspecified atom stereocenters. The molecule has 0 spiro atoms. The van der Waals surface area contributed by atoms with Gasteiger partial charge in [0.2, 0.25) is 6.29 Å². The SMILES string of the molecule is CC1CC2(C)Oc3ccccc3C2C=C1C1=CC(c2ccccc2)=NC(n2c3ccccc3c3ccc(C4CN=C(c5ccccc5)N4)cc32)N1. The van der Waals surface area contributed by atoms with Gasteiger partial charge in [0.15, 0.2) is 0 Å². The molecule has 4 aliphatic rings. The topological polar surface area (TPSA) is 62.9 Å².